The number of hydrogen-bond donors (Lipinski definition) is 1. The fourth-order valence-corrected chi connectivity index (χ4v) is 1.92. The van der Waals surface area contributed by atoms with Crippen molar-refractivity contribution in [2.24, 2.45) is 5.73 Å². The van der Waals surface area contributed by atoms with Crippen LogP contribution in [-0.2, 0) is 9.47 Å². The van der Waals surface area contributed by atoms with Gasteiger partial charge in [0.1, 0.15) is 0 Å². The Morgan fingerprint density at radius 1 is 1.60 bits per heavy atom. The van der Waals surface area contributed by atoms with Gasteiger partial charge in [-0.1, -0.05) is 0 Å². The van der Waals surface area contributed by atoms with E-state index in [2.05, 4.69) is 11.9 Å². The highest BCUT2D eigenvalue weighted by Crippen LogP contribution is 2.12. The topological polar surface area (TPSA) is 47.7 Å². The number of hydrogen-bond acceptors (Lipinski definition) is 4. The SMILES string of the molecule is COC(CN)CCN(C)CC1CCCO1. The molecule has 1 saturated heterocycles. The van der Waals surface area contributed by atoms with Gasteiger partial charge in [0.25, 0.3) is 0 Å². The van der Waals surface area contributed by atoms with Gasteiger partial charge in [0.2, 0.25) is 0 Å². The van der Waals surface area contributed by atoms with E-state index in [-0.39, 0.29) is 6.10 Å². The van der Waals surface area contributed by atoms with Crippen molar-refractivity contribution in [2.75, 3.05) is 40.4 Å². The van der Waals surface area contributed by atoms with Crippen molar-refractivity contribution in [1.82, 2.24) is 4.90 Å². The maximum Gasteiger partial charge on any atom is 0.0705 e. The number of likely N-dealkylation sites (N-methyl/N-ethyl adjacent to an activating group) is 1. The molecule has 1 aliphatic rings. The molecule has 0 amide bonds. The average Bonchev–Trinajstić information content (AvgIpc) is 2.72. The molecule has 0 saturated carbocycles. The van der Waals surface area contributed by atoms with Crippen LogP contribution >= 0.6 is 0 Å². The number of ether oxygens (including phenoxy) is 2. The number of nitrogens with zero attached hydrogens (tertiary/aromatic N) is 1. The van der Waals surface area contributed by atoms with Crippen molar-refractivity contribution in [3.8, 4) is 0 Å². The first-order chi connectivity index (χ1) is 7.26. The molecule has 0 radical (unpaired) electrons. The third-order valence-corrected chi connectivity index (χ3v) is 2.97. The molecule has 2 unspecified atom stereocenters. The van der Waals surface area contributed by atoms with Crippen molar-refractivity contribution in [1.29, 1.82) is 0 Å². The van der Waals surface area contributed by atoms with E-state index in [0.29, 0.717) is 12.6 Å². The van der Waals surface area contributed by atoms with Crippen molar-refractivity contribution in [3.63, 3.8) is 0 Å². The van der Waals surface area contributed by atoms with E-state index in [1.807, 2.05) is 0 Å². The summed E-state index contributed by atoms with van der Waals surface area (Å²) in [7, 11) is 3.85. The van der Waals surface area contributed by atoms with E-state index in [1.54, 1.807) is 7.11 Å². The van der Waals surface area contributed by atoms with Crippen molar-refractivity contribution in [2.45, 2.75) is 31.5 Å². The molecule has 1 heterocycles. The molecule has 1 fully saturated rings. The lowest BCUT2D eigenvalue weighted by Crippen LogP contribution is -2.33. The predicted octanol–water partition coefficient (Wildman–Crippen LogP) is 0.461. The van der Waals surface area contributed by atoms with Crippen molar-refractivity contribution in [3.05, 3.63) is 0 Å². The molecule has 0 aromatic carbocycles. The first-order valence-electron chi connectivity index (χ1n) is 5.79. The quantitative estimate of drug-likeness (QED) is 0.671. The lowest BCUT2D eigenvalue weighted by atomic mass is 10.2. The highest BCUT2D eigenvalue weighted by atomic mass is 16.5. The van der Waals surface area contributed by atoms with Crippen molar-refractivity contribution < 1.29 is 9.47 Å². The lowest BCUT2D eigenvalue weighted by molar-refractivity contribution is 0.0650. The summed E-state index contributed by atoms with van der Waals surface area (Å²) >= 11 is 0. The third-order valence-electron chi connectivity index (χ3n) is 2.97. The fourth-order valence-electron chi connectivity index (χ4n) is 1.92. The van der Waals surface area contributed by atoms with Gasteiger partial charge in [0, 0.05) is 33.4 Å². The van der Waals surface area contributed by atoms with Crippen molar-refractivity contribution >= 4 is 0 Å². The summed E-state index contributed by atoms with van der Waals surface area (Å²) in [4.78, 5) is 2.30. The minimum Gasteiger partial charge on any atom is -0.380 e. The molecular weight excluding hydrogens is 192 g/mol. The van der Waals surface area contributed by atoms with Crippen LogP contribution in [0.1, 0.15) is 19.3 Å². The number of nitrogens with two attached hydrogens (primary N) is 1. The summed E-state index contributed by atoms with van der Waals surface area (Å²) in [6, 6.07) is 0. The Hall–Kier alpha value is -0.160. The van der Waals surface area contributed by atoms with E-state index in [0.717, 1.165) is 26.1 Å². The molecule has 0 aromatic rings. The predicted molar refractivity (Wildman–Crippen MR) is 60.9 cm³/mol. The average molecular weight is 216 g/mol. The van der Waals surface area contributed by atoms with Gasteiger partial charge in [-0.3, -0.25) is 0 Å². The Morgan fingerprint density at radius 3 is 2.93 bits per heavy atom. The molecule has 4 nitrogen and oxygen atoms in total. The molecule has 0 aromatic heterocycles. The first kappa shape index (κ1) is 12.9. The zero-order valence-electron chi connectivity index (χ0n) is 9.95. The Balaban J connectivity index is 2.09. The van der Waals surface area contributed by atoms with Gasteiger partial charge in [0.05, 0.1) is 12.2 Å². The highest BCUT2D eigenvalue weighted by Gasteiger charge is 2.17. The summed E-state index contributed by atoms with van der Waals surface area (Å²) in [6.45, 7) is 3.59. The van der Waals surface area contributed by atoms with Gasteiger partial charge < -0.3 is 20.1 Å². The van der Waals surface area contributed by atoms with Crippen LogP contribution in [0.25, 0.3) is 0 Å². The van der Waals surface area contributed by atoms with E-state index in [4.69, 9.17) is 15.2 Å². The van der Waals surface area contributed by atoms with Gasteiger partial charge in [-0.2, -0.15) is 0 Å². The normalized spacial score (nSPS) is 23.6. The largest absolute Gasteiger partial charge is 0.380 e. The van der Waals surface area contributed by atoms with Crippen LogP contribution in [0.4, 0.5) is 0 Å². The molecule has 0 spiro atoms. The minimum atomic E-state index is 0.192. The lowest BCUT2D eigenvalue weighted by Gasteiger charge is -2.22. The summed E-state index contributed by atoms with van der Waals surface area (Å²) in [5.74, 6) is 0. The smallest absolute Gasteiger partial charge is 0.0705 e. The molecule has 1 rings (SSSR count). The molecule has 2 atom stereocenters. The highest BCUT2D eigenvalue weighted by molar-refractivity contribution is 4.69. The Kier molecular flexibility index (Phi) is 6.17. The van der Waals surface area contributed by atoms with Crippen LogP contribution in [0.5, 0.6) is 0 Å². The maximum atomic E-state index is 5.59. The number of methoxy groups -OCH3 is 1. The maximum absolute atomic E-state index is 5.59. The van der Waals surface area contributed by atoms with E-state index in [9.17, 15) is 0 Å². The second kappa shape index (κ2) is 7.17. The van der Waals surface area contributed by atoms with Gasteiger partial charge in [-0.15, -0.1) is 0 Å². The molecule has 90 valence electrons. The van der Waals surface area contributed by atoms with Crippen LogP contribution in [-0.4, -0.2) is 57.5 Å². The molecule has 4 heteroatoms. The number of rotatable bonds is 7. The zero-order chi connectivity index (χ0) is 11.1. The van der Waals surface area contributed by atoms with Crippen LogP contribution in [0.3, 0.4) is 0 Å². The minimum absolute atomic E-state index is 0.192. The molecular formula is C11H24N2O2. The Bertz CT molecular complexity index is 157. The van der Waals surface area contributed by atoms with Crippen LogP contribution in [0.15, 0.2) is 0 Å². The van der Waals surface area contributed by atoms with E-state index in [1.165, 1.54) is 12.8 Å². The van der Waals surface area contributed by atoms with Gasteiger partial charge >= 0.3 is 0 Å². The first-order valence-corrected chi connectivity index (χ1v) is 5.79. The van der Waals surface area contributed by atoms with E-state index >= 15 is 0 Å². The van der Waals surface area contributed by atoms with Crippen LogP contribution in [0, 0.1) is 0 Å². The van der Waals surface area contributed by atoms with Crippen LogP contribution < -0.4 is 5.73 Å². The third kappa shape index (κ3) is 4.93. The summed E-state index contributed by atoms with van der Waals surface area (Å²) in [5.41, 5.74) is 5.56. The van der Waals surface area contributed by atoms with Gasteiger partial charge in [-0.05, 0) is 26.3 Å². The monoisotopic (exact) mass is 216 g/mol. The summed E-state index contributed by atoms with van der Waals surface area (Å²) in [6.07, 6.45) is 4.04. The second-order valence-corrected chi connectivity index (χ2v) is 4.28. The summed E-state index contributed by atoms with van der Waals surface area (Å²) < 4.78 is 10.8. The van der Waals surface area contributed by atoms with E-state index < -0.39 is 0 Å². The molecule has 1 aliphatic heterocycles. The van der Waals surface area contributed by atoms with Gasteiger partial charge in [-0.25, -0.2) is 0 Å². The standard InChI is InChI=1S/C11H24N2O2/c1-13(6-5-10(8-12)14-2)9-11-4-3-7-15-11/h10-11H,3-9,12H2,1-2H3. The summed E-state index contributed by atoms with van der Waals surface area (Å²) in [5, 5.41) is 0. The second-order valence-electron chi connectivity index (χ2n) is 4.28. The fraction of sp³-hybridized carbons (Fsp3) is 1.00. The van der Waals surface area contributed by atoms with Gasteiger partial charge in [0.15, 0.2) is 0 Å². The van der Waals surface area contributed by atoms with Crippen LogP contribution in [0.2, 0.25) is 0 Å². The molecule has 0 bridgehead atoms. The molecule has 15 heavy (non-hydrogen) atoms. The zero-order valence-corrected chi connectivity index (χ0v) is 9.95. The Labute approximate surface area is 92.7 Å². The molecule has 0 aliphatic carbocycles. The Morgan fingerprint density at radius 2 is 2.40 bits per heavy atom. The molecule has 2 N–H and O–H groups in total.